The van der Waals surface area contributed by atoms with Gasteiger partial charge in [-0.15, -0.1) is 0 Å². The van der Waals surface area contributed by atoms with Crippen molar-refractivity contribution in [3.05, 3.63) is 0 Å². The molecule has 0 radical (unpaired) electrons. The molecule has 4 nitrogen and oxygen atoms in total. The van der Waals surface area contributed by atoms with Gasteiger partial charge in [0.25, 0.3) is 0 Å². The van der Waals surface area contributed by atoms with Crippen LogP contribution in [0.2, 0.25) is 0 Å². The number of hydrogen-bond acceptors (Lipinski definition) is 4. The predicted octanol–water partition coefficient (Wildman–Crippen LogP) is 1.89. The molecule has 0 saturated heterocycles. The van der Waals surface area contributed by atoms with Crippen LogP contribution < -0.4 is 5.32 Å². The predicted molar refractivity (Wildman–Crippen MR) is 79.6 cm³/mol. The van der Waals surface area contributed by atoms with Gasteiger partial charge in [-0.25, -0.2) is 0 Å². The molecule has 0 aromatic heterocycles. The fourth-order valence-electron chi connectivity index (χ4n) is 3.26. The van der Waals surface area contributed by atoms with E-state index < -0.39 is 0 Å². The van der Waals surface area contributed by atoms with Crippen molar-refractivity contribution in [2.24, 2.45) is 0 Å². The van der Waals surface area contributed by atoms with Crippen LogP contribution >= 0.6 is 0 Å². The Morgan fingerprint density at radius 2 is 1.95 bits per heavy atom. The van der Waals surface area contributed by atoms with Crippen LogP contribution in [0.4, 0.5) is 0 Å². The first-order chi connectivity index (χ1) is 9.24. The molecule has 0 amide bonds. The van der Waals surface area contributed by atoms with Crippen LogP contribution in [0.5, 0.6) is 0 Å². The molecule has 1 saturated carbocycles. The first-order valence-corrected chi connectivity index (χ1v) is 7.71. The fraction of sp³-hybridized carbons (Fsp3) is 1.00. The van der Waals surface area contributed by atoms with Gasteiger partial charge in [0, 0.05) is 38.9 Å². The minimum Gasteiger partial charge on any atom is -0.383 e. The van der Waals surface area contributed by atoms with Crippen LogP contribution in [0.1, 0.15) is 39.5 Å². The SMILES string of the molecule is CCNC1CCCCC1N(CCOC)C(C)COC. The van der Waals surface area contributed by atoms with Crippen LogP contribution in [-0.2, 0) is 9.47 Å². The molecule has 0 aromatic rings. The van der Waals surface area contributed by atoms with Crippen molar-refractivity contribution in [3.8, 4) is 0 Å². The van der Waals surface area contributed by atoms with Gasteiger partial charge in [0.2, 0.25) is 0 Å². The summed E-state index contributed by atoms with van der Waals surface area (Å²) in [6.45, 7) is 8.09. The second kappa shape index (κ2) is 9.70. The van der Waals surface area contributed by atoms with Crippen molar-refractivity contribution >= 4 is 0 Å². The molecule has 0 bridgehead atoms. The average Bonchev–Trinajstić information content (AvgIpc) is 2.41. The van der Waals surface area contributed by atoms with E-state index in [0.717, 1.165) is 26.3 Å². The van der Waals surface area contributed by atoms with E-state index in [9.17, 15) is 0 Å². The van der Waals surface area contributed by atoms with Crippen molar-refractivity contribution in [3.63, 3.8) is 0 Å². The minimum absolute atomic E-state index is 0.449. The van der Waals surface area contributed by atoms with Crippen molar-refractivity contribution in [2.75, 3.05) is 40.5 Å². The molecule has 1 fully saturated rings. The van der Waals surface area contributed by atoms with Crippen LogP contribution in [0.3, 0.4) is 0 Å². The molecular weight excluding hydrogens is 240 g/mol. The third-order valence-electron chi connectivity index (χ3n) is 4.15. The summed E-state index contributed by atoms with van der Waals surface area (Å²) in [6.07, 6.45) is 5.28. The molecule has 0 spiro atoms. The molecule has 1 rings (SSSR count). The largest absolute Gasteiger partial charge is 0.383 e. The highest BCUT2D eigenvalue weighted by Crippen LogP contribution is 2.25. The van der Waals surface area contributed by atoms with E-state index in [-0.39, 0.29) is 0 Å². The Balaban J connectivity index is 2.68. The van der Waals surface area contributed by atoms with Crippen molar-refractivity contribution in [1.82, 2.24) is 10.2 Å². The lowest BCUT2D eigenvalue weighted by atomic mass is 9.88. The van der Waals surface area contributed by atoms with E-state index in [1.807, 2.05) is 0 Å². The number of hydrogen-bond donors (Lipinski definition) is 1. The fourth-order valence-corrected chi connectivity index (χ4v) is 3.26. The summed E-state index contributed by atoms with van der Waals surface area (Å²) in [5.41, 5.74) is 0. The molecule has 3 unspecified atom stereocenters. The van der Waals surface area contributed by atoms with Gasteiger partial charge in [0.1, 0.15) is 0 Å². The molecular formula is C15H32N2O2. The third kappa shape index (κ3) is 5.38. The van der Waals surface area contributed by atoms with Crippen LogP contribution in [0.25, 0.3) is 0 Å². The van der Waals surface area contributed by atoms with Crippen LogP contribution in [0, 0.1) is 0 Å². The highest BCUT2D eigenvalue weighted by atomic mass is 16.5. The molecule has 0 aromatic carbocycles. The van der Waals surface area contributed by atoms with Crippen LogP contribution in [-0.4, -0.2) is 63.5 Å². The molecule has 0 aliphatic heterocycles. The Morgan fingerprint density at radius 1 is 1.21 bits per heavy atom. The summed E-state index contributed by atoms with van der Waals surface area (Å²) in [5.74, 6) is 0. The molecule has 1 aliphatic rings. The summed E-state index contributed by atoms with van der Waals surface area (Å²) in [6, 6.07) is 1.69. The highest BCUT2D eigenvalue weighted by molar-refractivity contribution is 4.90. The Bertz CT molecular complexity index is 224. The summed E-state index contributed by atoms with van der Waals surface area (Å²) >= 11 is 0. The molecule has 1 N–H and O–H groups in total. The maximum atomic E-state index is 5.35. The maximum Gasteiger partial charge on any atom is 0.0615 e. The van der Waals surface area contributed by atoms with Crippen molar-refractivity contribution < 1.29 is 9.47 Å². The number of ether oxygens (including phenoxy) is 2. The van der Waals surface area contributed by atoms with Crippen molar-refractivity contribution in [2.45, 2.75) is 57.7 Å². The Kier molecular flexibility index (Phi) is 8.62. The van der Waals surface area contributed by atoms with Gasteiger partial charge in [-0.2, -0.15) is 0 Å². The number of nitrogens with one attached hydrogen (secondary N) is 1. The summed E-state index contributed by atoms with van der Waals surface area (Å²) < 4.78 is 10.6. The Hall–Kier alpha value is -0.160. The average molecular weight is 272 g/mol. The number of methoxy groups -OCH3 is 2. The Labute approximate surface area is 118 Å². The minimum atomic E-state index is 0.449. The Morgan fingerprint density at radius 3 is 2.58 bits per heavy atom. The summed E-state index contributed by atoms with van der Waals surface area (Å²) in [5, 5.41) is 3.67. The molecule has 0 heterocycles. The monoisotopic (exact) mass is 272 g/mol. The third-order valence-corrected chi connectivity index (χ3v) is 4.15. The zero-order chi connectivity index (χ0) is 14.1. The molecule has 19 heavy (non-hydrogen) atoms. The quantitative estimate of drug-likeness (QED) is 0.695. The van der Waals surface area contributed by atoms with E-state index in [1.54, 1.807) is 14.2 Å². The maximum absolute atomic E-state index is 5.35. The lowest BCUT2D eigenvalue weighted by Crippen LogP contribution is -2.56. The standard InChI is InChI=1S/C15H32N2O2/c1-5-16-14-8-6-7-9-15(14)17(10-11-18-3)13(2)12-19-4/h13-16H,5-12H2,1-4H3. The first kappa shape index (κ1) is 16.9. The number of rotatable bonds is 9. The van der Waals surface area contributed by atoms with E-state index in [2.05, 4.69) is 24.1 Å². The second-order valence-corrected chi connectivity index (χ2v) is 5.55. The molecule has 1 aliphatic carbocycles. The number of nitrogens with zero attached hydrogens (tertiary/aromatic N) is 1. The van der Waals surface area contributed by atoms with Crippen molar-refractivity contribution in [1.29, 1.82) is 0 Å². The second-order valence-electron chi connectivity index (χ2n) is 5.55. The zero-order valence-electron chi connectivity index (χ0n) is 13.2. The molecule has 3 atom stereocenters. The smallest absolute Gasteiger partial charge is 0.0615 e. The number of likely N-dealkylation sites (N-methyl/N-ethyl adjacent to an activating group) is 1. The van der Waals surface area contributed by atoms with Gasteiger partial charge in [-0.1, -0.05) is 19.8 Å². The van der Waals surface area contributed by atoms with Gasteiger partial charge in [0.05, 0.1) is 13.2 Å². The van der Waals surface area contributed by atoms with Gasteiger partial charge < -0.3 is 14.8 Å². The molecule has 4 heteroatoms. The zero-order valence-corrected chi connectivity index (χ0v) is 13.2. The van der Waals surface area contributed by atoms with Gasteiger partial charge in [-0.05, 0) is 26.3 Å². The lowest BCUT2D eigenvalue weighted by Gasteiger charge is -2.43. The topological polar surface area (TPSA) is 33.7 Å². The lowest BCUT2D eigenvalue weighted by molar-refractivity contribution is 0.0231. The first-order valence-electron chi connectivity index (χ1n) is 7.71. The molecule has 114 valence electrons. The van der Waals surface area contributed by atoms with Gasteiger partial charge >= 0.3 is 0 Å². The normalized spacial score (nSPS) is 25.7. The van der Waals surface area contributed by atoms with Gasteiger partial charge in [-0.3, -0.25) is 4.90 Å². The summed E-state index contributed by atoms with van der Waals surface area (Å²) in [7, 11) is 3.56. The van der Waals surface area contributed by atoms with Crippen LogP contribution in [0.15, 0.2) is 0 Å². The van der Waals surface area contributed by atoms with E-state index >= 15 is 0 Å². The van der Waals surface area contributed by atoms with E-state index in [0.29, 0.717) is 18.1 Å². The highest BCUT2D eigenvalue weighted by Gasteiger charge is 2.31. The van der Waals surface area contributed by atoms with E-state index in [1.165, 1.54) is 25.7 Å². The summed E-state index contributed by atoms with van der Waals surface area (Å²) in [4.78, 5) is 2.58. The van der Waals surface area contributed by atoms with E-state index in [4.69, 9.17) is 9.47 Å². The van der Waals surface area contributed by atoms with Gasteiger partial charge in [0.15, 0.2) is 0 Å².